The van der Waals surface area contributed by atoms with Gasteiger partial charge in [-0.05, 0) is 53.1 Å². The van der Waals surface area contributed by atoms with E-state index in [2.05, 4.69) is 29.2 Å². The SMILES string of the molecule is CC(C)COC(=O)N1CC[C@H](n2nc(COc3ccccc3CC(=O)O)c3cc(-c4cccc5c(N)nccc45)ccc32)C1. The monoisotopic (exact) mass is 593 g/mol. The molecule has 1 aliphatic rings. The maximum atomic E-state index is 12.7. The fourth-order valence-corrected chi connectivity index (χ4v) is 5.77. The highest BCUT2D eigenvalue weighted by Crippen LogP contribution is 2.35. The van der Waals surface area contributed by atoms with Crippen LogP contribution in [0.4, 0.5) is 10.6 Å². The van der Waals surface area contributed by atoms with E-state index in [1.54, 1.807) is 29.3 Å². The number of carboxylic acid groups (broad SMARTS) is 1. The molecule has 3 heterocycles. The van der Waals surface area contributed by atoms with Crippen molar-refractivity contribution >= 4 is 39.6 Å². The van der Waals surface area contributed by atoms with Gasteiger partial charge in [-0.3, -0.25) is 9.48 Å². The van der Waals surface area contributed by atoms with Crippen LogP contribution in [0.3, 0.4) is 0 Å². The van der Waals surface area contributed by atoms with E-state index in [1.807, 2.05) is 42.8 Å². The molecule has 10 nitrogen and oxygen atoms in total. The molecule has 226 valence electrons. The van der Waals surface area contributed by atoms with E-state index in [4.69, 9.17) is 20.3 Å². The van der Waals surface area contributed by atoms with Crippen LogP contribution in [0.2, 0.25) is 0 Å². The van der Waals surface area contributed by atoms with Crippen LogP contribution in [0.1, 0.15) is 37.6 Å². The lowest BCUT2D eigenvalue weighted by atomic mass is 9.97. The van der Waals surface area contributed by atoms with Crippen LogP contribution in [0.5, 0.6) is 5.75 Å². The summed E-state index contributed by atoms with van der Waals surface area (Å²) in [5.74, 6) is 0.319. The Labute approximate surface area is 255 Å². The molecule has 5 aromatic rings. The van der Waals surface area contributed by atoms with Gasteiger partial charge in [-0.25, -0.2) is 9.78 Å². The van der Waals surface area contributed by atoms with Crippen molar-refractivity contribution in [1.29, 1.82) is 0 Å². The molecule has 1 atom stereocenters. The summed E-state index contributed by atoms with van der Waals surface area (Å²) < 4.78 is 13.7. The van der Waals surface area contributed by atoms with Gasteiger partial charge in [-0.15, -0.1) is 0 Å². The minimum atomic E-state index is -0.927. The summed E-state index contributed by atoms with van der Waals surface area (Å²) in [5, 5.41) is 17.2. The summed E-state index contributed by atoms with van der Waals surface area (Å²) in [6.07, 6.45) is 2.01. The Morgan fingerprint density at radius 2 is 1.89 bits per heavy atom. The van der Waals surface area contributed by atoms with Gasteiger partial charge in [0.1, 0.15) is 23.9 Å². The predicted octanol–water partition coefficient (Wildman–Crippen LogP) is 6.08. The van der Waals surface area contributed by atoms with Crippen molar-refractivity contribution in [2.75, 3.05) is 25.4 Å². The number of likely N-dealkylation sites (tertiary alicyclic amines) is 1. The molecule has 1 amide bonds. The molecule has 0 radical (unpaired) electrons. The molecule has 1 aliphatic heterocycles. The number of hydrogen-bond donors (Lipinski definition) is 2. The summed E-state index contributed by atoms with van der Waals surface area (Å²) in [7, 11) is 0. The Bertz CT molecular complexity index is 1850. The van der Waals surface area contributed by atoms with Crippen LogP contribution < -0.4 is 10.5 Å². The minimum Gasteiger partial charge on any atom is -0.487 e. The van der Waals surface area contributed by atoms with E-state index in [0.717, 1.165) is 39.2 Å². The number of rotatable bonds is 9. The molecule has 0 saturated carbocycles. The number of hydrogen-bond acceptors (Lipinski definition) is 7. The Morgan fingerprint density at radius 1 is 1.05 bits per heavy atom. The summed E-state index contributed by atoms with van der Waals surface area (Å²) in [6.45, 7) is 5.63. The fourth-order valence-electron chi connectivity index (χ4n) is 5.77. The first-order valence-electron chi connectivity index (χ1n) is 14.8. The van der Waals surface area contributed by atoms with E-state index < -0.39 is 5.97 Å². The number of nitrogen functional groups attached to an aromatic ring is 1. The van der Waals surface area contributed by atoms with Crippen molar-refractivity contribution in [2.45, 2.75) is 39.3 Å². The van der Waals surface area contributed by atoms with Crippen molar-refractivity contribution in [2.24, 2.45) is 5.92 Å². The summed E-state index contributed by atoms with van der Waals surface area (Å²) in [6, 6.07) is 21.3. The van der Waals surface area contributed by atoms with E-state index in [1.165, 1.54) is 0 Å². The number of pyridine rings is 1. The van der Waals surface area contributed by atoms with E-state index in [9.17, 15) is 14.7 Å². The zero-order valence-corrected chi connectivity index (χ0v) is 24.8. The van der Waals surface area contributed by atoms with Gasteiger partial charge in [-0.1, -0.05) is 56.3 Å². The first-order valence-corrected chi connectivity index (χ1v) is 14.8. The van der Waals surface area contributed by atoms with Crippen molar-refractivity contribution in [1.82, 2.24) is 19.7 Å². The highest BCUT2D eigenvalue weighted by molar-refractivity contribution is 6.02. The van der Waals surface area contributed by atoms with Crippen LogP contribution in [0.15, 0.2) is 72.9 Å². The molecule has 0 aliphatic carbocycles. The topological polar surface area (TPSA) is 133 Å². The molecule has 10 heteroatoms. The second kappa shape index (κ2) is 12.2. The first kappa shape index (κ1) is 29.0. The molecule has 2 aromatic heterocycles. The number of carbonyl (C=O) groups is 2. The number of carboxylic acids is 1. The molecule has 1 saturated heterocycles. The number of ether oxygens (including phenoxy) is 2. The third-order valence-corrected chi connectivity index (χ3v) is 7.92. The number of fused-ring (bicyclic) bond motifs is 2. The first-order chi connectivity index (χ1) is 21.3. The van der Waals surface area contributed by atoms with Gasteiger partial charge in [0, 0.05) is 35.6 Å². The molecule has 0 bridgehead atoms. The quantitative estimate of drug-likeness (QED) is 0.210. The van der Waals surface area contributed by atoms with E-state index >= 15 is 0 Å². The summed E-state index contributed by atoms with van der Waals surface area (Å²) in [4.78, 5) is 30.1. The number of para-hydroxylation sites is 1. The van der Waals surface area contributed by atoms with E-state index in [-0.39, 0.29) is 31.1 Å². The highest BCUT2D eigenvalue weighted by atomic mass is 16.6. The number of benzene rings is 3. The number of aromatic nitrogens is 3. The smallest absolute Gasteiger partial charge is 0.409 e. The lowest BCUT2D eigenvalue weighted by molar-refractivity contribution is -0.136. The standard InChI is InChI=1S/C34H35N5O5/c1-21(2)19-44-34(42)38-15-13-24(18-38)39-30-11-10-22(25-7-5-8-27-26(25)12-14-36-33(27)35)16-28(30)29(37-39)20-43-31-9-4-3-6-23(31)17-32(40)41/h3-12,14,16,21,24H,13,15,17-20H2,1-2H3,(H2,35,36)(H,40,41)/t24-/m0/s1. The molecule has 3 N–H and O–H groups in total. The average molecular weight is 594 g/mol. The molecular weight excluding hydrogens is 558 g/mol. The van der Waals surface area contributed by atoms with Crippen LogP contribution >= 0.6 is 0 Å². The van der Waals surface area contributed by atoms with Gasteiger partial charge in [0.2, 0.25) is 0 Å². The van der Waals surface area contributed by atoms with Crippen molar-refractivity contribution in [3.63, 3.8) is 0 Å². The van der Waals surface area contributed by atoms with Gasteiger partial charge in [0.25, 0.3) is 0 Å². The number of anilines is 1. The summed E-state index contributed by atoms with van der Waals surface area (Å²) >= 11 is 0. The number of nitrogens with zero attached hydrogens (tertiary/aromatic N) is 4. The molecule has 6 rings (SSSR count). The summed E-state index contributed by atoms with van der Waals surface area (Å²) in [5.41, 5.74) is 10.4. The third kappa shape index (κ3) is 5.88. The van der Waals surface area contributed by atoms with Gasteiger partial charge in [0.05, 0.1) is 24.6 Å². The number of nitrogens with two attached hydrogens (primary N) is 1. The van der Waals surface area contributed by atoms with Crippen LogP contribution in [-0.2, 0) is 22.6 Å². The normalized spacial score (nSPS) is 14.9. The number of amides is 1. The molecule has 0 unspecified atom stereocenters. The number of aliphatic carboxylic acids is 1. The lowest BCUT2D eigenvalue weighted by Gasteiger charge is -2.18. The highest BCUT2D eigenvalue weighted by Gasteiger charge is 2.31. The zero-order chi connectivity index (χ0) is 30.8. The fraction of sp³-hybridized carbons (Fsp3) is 0.294. The number of carbonyl (C=O) groups excluding carboxylic acids is 1. The molecule has 3 aromatic carbocycles. The van der Waals surface area contributed by atoms with E-state index in [0.29, 0.717) is 42.5 Å². The van der Waals surface area contributed by atoms with Gasteiger partial charge >= 0.3 is 12.1 Å². The van der Waals surface area contributed by atoms with Gasteiger partial charge in [-0.2, -0.15) is 5.10 Å². The zero-order valence-electron chi connectivity index (χ0n) is 24.8. The molecule has 44 heavy (non-hydrogen) atoms. The van der Waals surface area contributed by atoms with Gasteiger partial charge < -0.3 is 25.2 Å². The Morgan fingerprint density at radius 3 is 2.70 bits per heavy atom. The maximum Gasteiger partial charge on any atom is 0.409 e. The van der Waals surface area contributed by atoms with Gasteiger partial charge in [0.15, 0.2) is 0 Å². The Hall–Kier alpha value is -5.12. The lowest BCUT2D eigenvalue weighted by Crippen LogP contribution is -2.30. The third-order valence-electron chi connectivity index (χ3n) is 7.92. The largest absolute Gasteiger partial charge is 0.487 e. The van der Waals surface area contributed by atoms with Crippen LogP contribution in [0.25, 0.3) is 32.8 Å². The predicted molar refractivity (Wildman–Crippen MR) is 168 cm³/mol. The van der Waals surface area contributed by atoms with Crippen LogP contribution in [-0.4, -0.2) is 56.5 Å². The van der Waals surface area contributed by atoms with Crippen molar-refractivity contribution in [3.8, 4) is 16.9 Å². The van der Waals surface area contributed by atoms with Crippen molar-refractivity contribution in [3.05, 3.63) is 84.2 Å². The molecule has 0 spiro atoms. The Kier molecular flexibility index (Phi) is 8.06. The minimum absolute atomic E-state index is 0.0357. The maximum absolute atomic E-state index is 12.7. The van der Waals surface area contributed by atoms with Crippen LogP contribution in [0, 0.1) is 5.92 Å². The van der Waals surface area contributed by atoms with Crippen molar-refractivity contribution < 1.29 is 24.2 Å². The average Bonchev–Trinajstić information content (AvgIpc) is 3.64. The molecular formula is C34H35N5O5. The molecule has 1 fully saturated rings. The second-order valence-electron chi connectivity index (χ2n) is 11.5. The Balaban J connectivity index is 1.37. The second-order valence-corrected chi connectivity index (χ2v) is 11.5.